The number of aromatic amines is 1. The summed E-state index contributed by atoms with van der Waals surface area (Å²) in [7, 11) is 0. The van der Waals surface area contributed by atoms with Crippen LogP contribution >= 0.6 is 0 Å². The second kappa shape index (κ2) is 4.01. The summed E-state index contributed by atoms with van der Waals surface area (Å²) in [5.74, 6) is 2.08. The van der Waals surface area contributed by atoms with Gasteiger partial charge in [0.15, 0.2) is 0 Å². The fraction of sp³-hybridized carbons (Fsp3) is 0.273. The first-order valence-electron chi connectivity index (χ1n) is 4.43. The van der Waals surface area contributed by atoms with Gasteiger partial charge in [-0.3, -0.25) is 9.59 Å². The molecule has 0 radical (unpaired) electrons. The van der Waals surface area contributed by atoms with Crippen molar-refractivity contribution in [3.05, 3.63) is 34.2 Å². The Bertz CT molecular complexity index is 466. The predicted molar refractivity (Wildman–Crippen MR) is 57.4 cm³/mol. The predicted octanol–water partition coefficient (Wildman–Crippen LogP) is 0.517. The van der Waals surface area contributed by atoms with Crippen LogP contribution in [-0.2, 0) is 0 Å². The van der Waals surface area contributed by atoms with Crippen molar-refractivity contribution in [2.75, 3.05) is 0 Å². The molecule has 15 heavy (non-hydrogen) atoms. The van der Waals surface area contributed by atoms with Crippen molar-refractivity contribution in [3.8, 4) is 12.3 Å². The molecule has 0 atom stereocenters. The van der Waals surface area contributed by atoms with Crippen molar-refractivity contribution < 1.29 is 4.79 Å². The van der Waals surface area contributed by atoms with Crippen LogP contribution in [0, 0.1) is 12.3 Å². The molecule has 0 aliphatic carbocycles. The van der Waals surface area contributed by atoms with E-state index in [-0.39, 0.29) is 11.5 Å². The molecule has 0 aliphatic heterocycles. The fourth-order valence-electron chi connectivity index (χ4n) is 0.978. The molecular weight excluding hydrogens is 192 g/mol. The highest BCUT2D eigenvalue weighted by atomic mass is 16.2. The van der Waals surface area contributed by atoms with Gasteiger partial charge in [0.2, 0.25) is 5.56 Å². The molecule has 0 unspecified atom stereocenters. The van der Waals surface area contributed by atoms with Crippen LogP contribution in [0.25, 0.3) is 0 Å². The van der Waals surface area contributed by atoms with E-state index in [4.69, 9.17) is 6.42 Å². The van der Waals surface area contributed by atoms with Crippen LogP contribution in [0.5, 0.6) is 0 Å². The van der Waals surface area contributed by atoms with E-state index >= 15 is 0 Å². The zero-order valence-electron chi connectivity index (χ0n) is 8.63. The Balaban J connectivity index is 2.89. The van der Waals surface area contributed by atoms with E-state index < -0.39 is 5.54 Å². The van der Waals surface area contributed by atoms with Crippen molar-refractivity contribution in [2.24, 2.45) is 0 Å². The number of nitrogens with one attached hydrogen (secondary N) is 2. The van der Waals surface area contributed by atoms with Gasteiger partial charge in [-0.05, 0) is 19.9 Å². The average molecular weight is 204 g/mol. The Morgan fingerprint density at radius 2 is 2.27 bits per heavy atom. The van der Waals surface area contributed by atoms with E-state index in [0.29, 0.717) is 5.56 Å². The van der Waals surface area contributed by atoms with Crippen LogP contribution in [-0.4, -0.2) is 16.4 Å². The number of terminal acetylenes is 1. The minimum Gasteiger partial charge on any atom is -0.336 e. The molecule has 1 rings (SSSR count). The molecule has 0 fully saturated rings. The lowest BCUT2D eigenvalue weighted by Gasteiger charge is -2.19. The molecule has 0 spiro atoms. The van der Waals surface area contributed by atoms with Gasteiger partial charge < -0.3 is 10.3 Å². The molecule has 0 aliphatic rings. The fourth-order valence-corrected chi connectivity index (χ4v) is 0.978. The first kappa shape index (κ1) is 11.1. The second-order valence-corrected chi connectivity index (χ2v) is 3.67. The van der Waals surface area contributed by atoms with Gasteiger partial charge in [-0.1, -0.05) is 5.92 Å². The van der Waals surface area contributed by atoms with E-state index in [1.54, 1.807) is 13.8 Å². The Morgan fingerprint density at radius 1 is 1.60 bits per heavy atom. The van der Waals surface area contributed by atoms with Gasteiger partial charge in [-0.15, -0.1) is 6.42 Å². The monoisotopic (exact) mass is 204 g/mol. The third-order valence-electron chi connectivity index (χ3n) is 1.82. The standard InChI is InChI=1S/C11H12N2O2/c1-4-11(2,3)13-10(15)8-5-6-12-9(14)7-8/h1,5-7H,2-3H3,(H,12,14)(H,13,15). The lowest BCUT2D eigenvalue weighted by atomic mass is 10.1. The Labute approximate surface area is 87.7 Å². The van der Waals surface area contributed by atoms with E-state index in [1.165, 1.54) is 18.3 Å². The van der Waals surface area contributed by atoms with Gasteiger partial charge in [0.1, 0.15) is 0 Å². The number of rotatable bonds is 2. The van der Waals surface area contributed by atoms with E-state index in [1.807, 2.05) is 0 Å². The highest BCUT2D eigenvalue weighted by Gasteiger charge is 2.17. The molecular formula is C11H12N2O2. The lowest BCUT2D eigenvalue weighted by molar-refractivity contribution is 0.0929. The number of carbonyl (C=O) groups is 1. The molecule has 1 aromatic rings. The van der Waals surface area contributed by atoms with E-state index in [9.17, 15) is 9.59 Å². The van der Waals surface area contributed by atoms with Crippen LogP contribution < -0.4 is 10.9 Å². The minimum absolute atomic E-state index is 0.294. The molecule has 0 bridgehead atoms. The Morgan fingerprint density at radius 3 is 2.80 bits per heavy atom. The normalized spacial score (nSPS) is 10.5. The first-order chi connectivity index (χ1) is 6.94. The summed E-state index contributed by atoms with van der Waals surface area (Å²) in [5, 5.41) is 2.62. The summed E-state index contributed by atoms with van der Waals surface area (Å²) in [6.45, 7) is 3.41. The number of amides is 1. The second-order valence-electron chi connectivity index (χ2n) is 3.67. The third-order valence-corrected chi connectivity index (χ3v) is 1.82. The minimum atomic E-state index is -0.723. The van der Waals surface area contributed by atoms with Crippen LogP contribution in [0.2, 0.25) is 0 Å². The molecule has 4 heteroatoms. The molecule has 0 aromatic carbocycles. The topological polar surface area (TPSA) is 62.0 Å². The molecule has 78 valence electrons. The van der Waals surface area contributed by atoms with Crippen LogP contribution in [0.15, 0.2) is 23.1 Å². The van der Waals surface area contributed by atoms with Gasteiger partial charge in [0.05, 0.1) is 5.54 Å². The average Bonchev–Trinajstić information content (AvgIpc) is 2.17. The Hall–Kier alpha value is -2.02. The van der Waals surface area contributed by atoms with Gasteiger partial charge in [0, 0.05) is 17.8 Å². The molecule has 2 N–H and O–H groups in total. The van der Waals surface area contributed by atoms with Crippen LogP contribution in [0.1, 0.15) is 24.2 Å². The van der Waals surface area contributed by atoms with Crippen molar-refractivity contribution in [1.82, 2.24) is 10.3 Å². The van der Waals surface area contributed by atoms with Crippen molar-refractivity contribution >= 4 is 5.91 Å². The summed E-state index contributed by atoms with van der Waals surface area (Å²) in [6, 6.07) is 2.74. The third kappa shape index (κ3) is 2.99. The largest absolute Gasteiger partial charge is 0.336 e. The van der Waals surface area contributed by atoms with Crippen molar-refractivity contribution in [1.29, 1.82) is 0 Å². The molecule has 0 saturated heterocycles. The molecule has 1 amide bonds. The lowest BCUT2D eigenvalue weighted by Crippen LogP contribution is -2.42. The molecule has 4 nitrogen and oxygen atoms in total. The summed E-state index contributed by atoms with van der Waals surface area (Å²) >= 11 is 0. The van der Waals surface area contributed by atoms with Crippen molar-refractivity contribution in [2.45, 2.75) is 19.4 Å². The summed E-state index contributed by atoms with van der Waals surface area (Å²) < 4.78 is 0. The summed E-state index contributed by atoms with van der Waals surface area (Å²) in [5.41, 5.74) is -0.747. The Kier molecular flexibility index (Phi) is 2.96. The molecule has 0 saturated carbocycles. The van der Waals surface area contributed by atoms with E-state index in [2.05, 4.69) is 16.2 Å². The van der Waals surface area contributed by atoms with Gasteiger partial charge >= 0.3 is 0 Å². The highest BCUT2D eigenvalue weighted by Crippen LogP contribution is 2.02. The van der Waals surface area contributed by atoms with Gasteiger partial charge in [0.25, 0.3) is 5.91 Å². The number of carbonyl (C=O) groups excluding carboxylic acids is 1. The molecule has 1 aromatic heterocycles. The quantitative estimate of drug-likeness (QED) is 0.690. The van der Waals surface area contributed by atoms with Crippen molar-refractivity contribution in [3.63, 3.8) is 0 Å². The number of pyridine rings is 1. The number of hydrogen-bond donors (Lipinski definition) is 2. The van der Waals surface area contributed by atoms with E-state index in [0.717, 1.165) is 0 Å². The first-order valence-corrected chi connectivity index (χ1v) is 4.43. The number of aromatic nitrogens is 1. The molecule has 1 heterocycles. The zero-order chi connectivity index (χ0) is 11.5. The summed E-state index contributed by atoms with van der Waals surface area (Å²) in [4.78, 5) is 25.0. The smallest absolute Gasteiger partial charge is 0.252 e. The maximum atomic E-state index is 11.6. The van der Waals surface area contributed by atoms with Crippen LogP contribution in [0.4, 0.5) is 0 Å². The van der Waals surface area contributed by atoms with Gasteiger partial charge in [-0.25, -0.2) is 0 Å². The number of hydrogen-bond acceptors (Lipinski definition) is 2. The SMILES string of the molecule is C#CC(C)(C)NC(=O)c1cc[nH]c(=O)c1. The zero-order valence-corrected chi connectivity index (χ0v) is 8.63. The maximum Gasteiger partial charge on any atom is 0.252 e. The number of H-pyrrole nitrogens is 1. The summed E-state index contributed by atoms with van der Waals surface area (Å²) in [6.07, 6.45) is 6.65. The van der Waals surface area contributed by atoms with Gasteiger partial charge in [-0.2, -0.15) is 0 Å². The van der Waals surface area contributed by atoms with Crippen LogP contribution in [0.3, 0.4) is 0 Å². The maximum absolute atomic E-state index is 11.6. The highest BCUT2D eigenvalue weighted by molar-refractivity contribution is 5.94.